The number of halogens is 1. The second kappa shape index (κ2) is 3.55. The van der Waals surface area contributed by atoms with E-state index in [0.29, 0.717) is 12.5 Å². The first kappa shape index (κ1) is 7.53. The molecule has 0 amide bonds. The Morgan fingerprint density at radius 3 is 2.70 bits per heavy atom. The molecule has 0 aromatic rings. The Balaban J connectivity index is 2.36. The van der Waals surface area contributed by atoms with Gasteiger partial charge < -0.3 is 4.85 Å². The molecule has 0 spiro atoms. The number of hydrogen-bond acceptors (Lipinski definition) is 0. The van der Waals surface area contributed by atoms with Crippen LogP contribution in [-0.4, -0.2) is 13.2 Å². The summed E-state index contributed by atoms with van der Waals surface area (Å²) in [5, 5.41) is 0. The smallest absolute Gasteiger partial charge is 0.217 e. The van der Waals surface area contributed by atoms with Gasteiger partial charge in [-0.05, 0) is 18.8 Å². The zero-order chi connectivity index (χ0) is 7.40. The Kier molecular flexibility index (Phi) is 2.68. The first-order valence-corrected chi connectivity index (χ1v) is 3.77. The second-order valence-corrected chi connectivity index (χ2v) is 2.95. The van der Waals surface area contributed by atoms with Crippen molar-refractivity contribution in [1.82, 2.24) is 0 Å². The molecule has 2 heteroatoms. The first-order chi connectivity index (χ1) is 4.88. The van der Waals surface area contributed by atoms with Crippen LogP contribution in [0.2, 0.25) is 0 Å². The Morgan fingerprint density at radius 2 is 2.10 bits per heavy atom. The van der Waals surface area contributed by atoms with Crippen molar-refractivity contribution in [3.63, 3.8) is 0 Å². The Hall–Kier alpha value is -0.580. The maximum absolute atomic E-state index is 12.2. The Morgan fingerprint density at radius 1 is 1.40 bits per heavy atom. The molecule has 0 aromatic heterocycles. The fourth-order valence-electron chi connectivity index (χ4n) is 1.67. The van der Waals surface area contributed by atoms with E-state index in [2.05, 4.69) is 4.85 Å². The zero-order valence-electron chi connectivity index (χ0n) is 6.02. The number of hydrogen-bond donors (Lipinski definition) is 0. The topological polar surface area (TPSA) is 4.36 Å². The van der Waals surface area contributed by atoms with Gasteiger partial charge in [0.15, 0.2) is 0 Å². The van der Waals surface area contributed by atoms with Crippen molar-refractivity contribution < 1.29 is 4.39 Å². The molecule has 56 valence electrons. The van der Waals surface area contributed by atoms with Gasteiger partial charge in [-0.25, -0.2) is 6.57 Å². The third-order valence-corrected chi connectivity index (χ3v) is 2.34. The lowest BCUT2D eigenvalue weighted by molar-refractivity contribution is 0.306. The number of rotatable bonds is 2. The molecule has 0 saturated heterocycles. The molecule has 2 atom stereocenters. The van der Waals surface area contributed by atoms with Crippen LogP contribution in [0.1, 0.15) is 19.3 Å². The molecule has 1 nitrogen and oxygen atoms in total. The highest BCUT2D eigenvalue weighted by atomic mass is 19.1. The molecule has 1 rings (SSSR count). The SMILES string of the molecule is [C-]#[N+]CC1CCCC1CF. The van der Waals surface area contributed by atoms with Crippen molar-refractivity contribution in [2.24, 2.45) is 11.8 Å². The third-order valence-electron chi connectivity index (χ3n) is 2.34. The molecule has 1 fully saturated rings. The molecule has 0 heterocycles. The monoisotopic (exact) mass is 141 g/mol. The van der Waals surface area contributed by atoms with E-state index in [1.807, 2.05) is 0 Å². The Labute approximate surface area is 61.1 Å². The van der Waals surface area contributed by atoms with Crippen molar-refractivity contribution in [3.8, 4) is 0 Å². The van der Waals surface area contributed by atoms with Gasteiger partial charge in [0.25, 0.3) is 0 Å². The van der Waals surface area contributed by atoms with Crippen LogP contribution in [0.3, 0.4) is 0 Å². The largest absolute Gasteiger partial charge is 0.317 e. The van der Waals surface area contributed by atoms with Gasteiger partial charge in [0.1, 0.15) is 0 Å². The summed E-state index contributed by atoms with van der Waals surface area (Å²) in [5.74, 6) is 0.566. The molecule has 1 aliphatic rings. The van der Waals surface area contributed by atoms with E-state index in [0.717, 1.165) is 19.3 Å². The Bertz CT molecular complexity index is 139. The van der Waals surface area contributed by atoms with Crippen LogP contribution in [0.4, 0.5) is 4.39 Å². The van der Waals surface area contributed by atoms with Gasteiger partial charge in [-0.1, -0.05) is 6.42 Å². The lowest BCUT2D eigenvalue weighted by atomic mass is 9.98. The van der Waals surface area contributed by atoms with Crippen molar-refractivity contribution >= 4 is 0 Å². The summed E-state index contributed by atoms with van der Waals surface area (Å²) in [6.07, 6.45) is 3.18. The minimum absolute atomic E-state index is 0.203. The van der Waals surface area contributed by atoms with E-state index < -0.39 is 0 Å². The fraction of sp³-hybridized carbons (Fsp3) is 0.875. The zero-order valence-corrected chi connectivity index (χ0v) is 6.02. The average molecular weight is 141 g/mol. The molecule has 1 saturated carbocycles. The van der Waals surface area contributed by atoms with Gasteiger partial charge in [-0.2, -0.15) is 0 Å². The summed E-state index contributed by atoms with van der Waals surface area (Å²) in [6.45, 7) is 6.95. The van der Waals surface area contributed by atoms with Crippen molar-refractivity contribution in [1.29, 1.82) is 0 Å². The molecule has 1 aliphatic carbocycles. The second-order valence-electron chi connectivity index (χ2n) is 2.95. The van der Waals surface area contributed by atoms with Gasteiger partial charge in [0, 0.05) is 5.92 Å². The molecule has 0 aromatic carbocycles. The lowest BCUT2D eigenvalue weighted by Gasteiger charge is -2.08. The van der Waals surface area contributed by atoms with Gasteiger partial charge in [-0.15, -0.1) is 0 Å². The molecular weight excluding hydrogens is 129 g/mol. The van der Waals surface area contributed by atoms with E-state index in [4.69, 9.17) is 6.57 Å². The summed E-state index contributed by atoms with van der Waals surface area (Å²) < 4.78 is 12.2. The van der Waals surface area contributed by atoms with E-state index in [1.54, 1.807) is 0 Å². The van der Waals surface area contributed by atoms with E-state index >= 15 is 0 Å². The molecule has 2 unspecified atom stereocenters. The fourth-order valence-corrected chi connectivity index (χ4v) is 1.67. The minimum atomic E-state index is -0.222. The summed E-state index contributed by atoms with van der Waals surface area (Å²) in [6, 6.07) is 0. The highest BCUT2D eigenvalue weighted by Crippen LogP contribution is 2.31. The normalized spacial score (nSPS) is 32.0. The number of nitrogens with zero attached hydrogens (tertiary/aromatic N) is 1. The summed E-state index contributed by atoms with van der Waals surface area (Å²) in [4.78, 5) is 3.30. The van der Waals surface area contributed by atoms with Gasteiger partial charge in [0.2, 0.25) is 6.54 Å². The lowest BCUT2D eigenvalue weighted by Crippen LogP contribution is -2.11. The minimum Gasteiger partial charge on any atom is -0.317 e. The molecule has 0 bridgehead atoms. The van der Waals surface area contributed by atoms with Crippen molar-refractivity contribution in [2.45, 2.75) is 19.3 Å². The predicted molar refractivity (Wildman–Crippen MR) is 38.3 cm³/mol. The van der Waals surface area contributed by atoms with E-state index in [-0.39, 0.29) is 12.6 Å². The average Bonchev–Trinajstić information content (AvgIpc) is 2.36. The van der Waals surface area contributed by atoms with Crippen molar-refractivity contribution in [2.75, 3.05) is 13.2 Å². The quantitative estimate of drug-likeness (QED) is 0.520. The van der Waals surface area contributed by atoms with E-state index in [9.17, 15) is 4.39 Å². The maximum Gasteiger partial charge on any atom is 0.217 e. The molecular formula is C8H12FN. The maximum atomic E-state index is 12.2. The molecule has 0 radical (unpaired) electrons. The summed E-state index contributed by atoms with van der Waals surface area (Å²) in [7, 11) is 0. The van der Waals surface area contributed by atoms with Crippen LogP contribution in [0.5, 0.6) is 0 Å². The van der Waals surface area contributed by atoms with Gasteiger partial charge in [-0.3, -0.25) is 4.39 Å². The van der Waals surface area contributed by atoms with Crippen LogP contribution in [0.25, 0.3) is 4.85 Å². The first-order valence-electron chi connectivity index (χ1n) is 3.77. The highest BCUT2D eigenvalue weighted by molar-refractivity contribution is 4.82. The van der Waals surface area contributed by atoms with E-state index in [1.165, 1.54) is 0 Å². The summed E-state index contributed by atoms with van der Waals surface area (Å²) >= 11 is 0. The molecule has 10 heavy (non-hydrogen) atoms. The van der Waals surface area contributed by atoms with Gasteiger partial charge >= 0.3 is 0 Å². The third kappa shape index (κ3) is 1.47. The number of alkyl halides is 1. The standard InChI is InChI=1S/C8H12FN/c1-10-6-8-4-2-3-7(8)5-9/h7-8H,2-6H2. The highest BCUT2D eigenvalue weighted by Gasteiger charge is 2.28. The van der Waals surface area contributed by atoms with Crippen LogP contribution in [-0.2, 0) is 0 Å². The molecule has 0 aliphatic heterocycles. The van der Waals surface area contributed by atoms with Crippen LogP contribution >= 0.6 is 0 Å². The predicted octanol–water partition coefficient (Wildman–Crippen LogP) is 2.29. The summed E-state index contributed by atoms with van der Waals surface area (Å²) in [5.41, 5.74) is 0. The van der Waals surface area contributed by atoms with Crippen LogP contribution in [0.15, 0.2) is 0 Å². The molecule has 0 N–H and O–H groups in total. The van der Waals surface area contributed by atoms with Gasteiger partial charge in [0.05, 0.1) is 6.67 Å². The van der Waals surface area contributed by atoms with Crippen LogP contribution in [0, 0.1) is 18.4 Å². The van der Waals surface area contributed by atoms with Crippen molar-refractivity contribution in [3.05, 3.63) is 11.4 Å². The van der Waals surface area contributed by atoms with Crippen LogP contribution < -0.4 is 0 Å².